The molecule has 0 aromatic carbocycles. The van der Waals surface area contributed by atoms with E-state index in [2.05, 4.69) is 10.1 Å². The van der Waals surface area contributed by atoms with Crippen LogP contribution in [0.3, 0.4) is 0 Å². The summed E-state index contributed by atoms with van der Waals surface area (Å²) >= 11 is 0. The number of nitrogens with zero attached hydrogens (tertiary/aromatic N) is 2. The summed E-state index contributed by atoms with van der Waals surface area (Å²) in [6, 6.07) is 2.39. The van der Waals surface area contributed by atoms with Crippen molar-refractivity contribution in [2.75, 3.05) is 13.1 Å². The molecule has 0 aliphatic carbocycles. The van der Waals surface area contributed by atoms with Gasteiger partial charge in [0.25, 0.3) is 0 Å². The van der Waals surface area contributed by atoms with Gasteiger partial charge in [0.1, 0.15) is 5.76 Å². The predicted octanol–water partition coefficient (Wildman–Crippen LogP) is 0.906. The third kappa shape index (κ3) is 2.33. The van der Waals surface area contributed by atoms with Crippen molar-refractivity contribution >= 4 is 0 Å². The molecule has 2 rings (SSSR count). The molecule has 0 saturated carbocycles. The fraction of sp³-hybridized carbons (Fsp3) is 0.700. The molecule has 2 heterocycles. The van der Waals surface area contributed by atoms with Crippen molar-refractivity contribution < 1.29 is 4.52 Å². The van der Waals surface area contributed by atoms with E-state index in [1.54, 1.807) is 0 Å². The second-order valence-electron chi connectivity index (χ2n) is 4.04. The Labute approximate surface area is 84.0 Å². The molecule has 78 valence electrons. The van der Waals surface area contributed by atoms with Crippen LogP contribution in [-0.2, 0) is 6.54 Å². The van der Waals surface area contributed by atoms with Crippen LogP contribution in [0.25, 0.3) is 0 Å². The van der Waals surface area contributed by atoms with Crippen molar-refractivity contribution in [3.63, 3.8) is 0 Å². The Hall–Kier alpha value is -0.870. The quantitative estimate of drug-likeness (QED) is 0.762. The molecule has 4 nitrogen and oxygen atoms in total. The van der Waals surface area contributed by atoms with Crippen molar-refractivity contribution in [1.82, 2.24) is 10.1 Å². The summed E-state index contributed by atoms with van der Waals surface area (Å²) in [5.41, 5.74) is 6.86. The van der Waals surface area contributed by atoms with Crippen LogP contribution in [-0.4, -0.2) is 29.2 Å². The van der Waals surface area contributed by atoms with E-state index in [9.17, 15) is 0 Å². The maximum Gasteiger partial charge on any atom is 0.133 e. The van der Waals surface area contributed by atoms with Crippen molar-refractivity contribution in [2.24, 2.45) is 5.73 Å². The number of likely N-dealkylation sites (tertiary alicyclic amines) is 1. The monoisotopic (exact) mass is 195 g/mol. The summed E-state index contributed by atoms with van der Waals surface area (Å²) < 4.78 is 5.03. The highest BCUT2D eigenvalue weighted by molar-refractivity contribution is 5.03. The second-order valence-corrected chi connectivity index (χ2v) is 4.04. The number of piperidine rings is 1. The van der Waals surface area contributed by atoms with E-state index in [1.807, 2.05) is 13.0 Å². The Morgan fingerprint density at radius 1 is 1.57 bits per heavy atom. The summed E-state index contributed by atoms with van der Waals surface area (Å²) in [7, 11) is 0. The Morgan fingerprint density at radius 3 is 2.86 bits per heavy atom. The van der Waals surface area contributed by atoms with Crippen LogP contribution in [0.15, 0.2) is 10.6 Å². The number of hydrogen-bond acceptors (Lipinski definition) is 4. The number of rotatable bonds is 2. The van der Waals surface area contributed by atoms with Crippen molar-refractivity contribution in [1.29, 1.82) is 0 Å². The first kappa shape index (κ1) is 9.68. The van der Waals surface area contributed by atoms with Crippen LogP contribution >= 0.6 is 0 Å². The first-order chi connectivity index (χ1) is 6.74. The highest BCUT2D eigenvalue weighted by atomic mass is 16.5. The van der Waals surface area contributed by atoms with E-state index in [-0.39, 0.29) is 0 Å². The van der Waals surface area contributed by atoms with E-state index in [4.69, 9.17) is 10.3 Å². The van der Waals surface area contributed by atoms with E-state index in [0.717, 1.165) is 43.9 Å². The molecule has 0 bridgehead atoms. The summed E-state index contributed by atoms with van der Waals surface area (Å²) in [6.07, 6.45) is 2.19. The Morgan fingerprint density at radius 2 is 2.29 bits per heavy atom. The fourth-order valence-electron chi connectivity index (χ4n) is 1.83. The van der Waals surface area contributed by atoms with Crippen molar-refractivity contribution in [3.05, 3.63) is 17.5 Å². The molecule has 1 fully saturated rings. The fourth-order valence-corrected chi connectivity index (χ4v) is 1.83. The highest BCUT2D eigenvalue weighted by Crippen LogP contribution is 2.12. The smallest absolute Gasteiger partial charge is 0.133 e. The van der Waals surface area contributed by atoms with Gasteiger partial charge in [0.2, 0.25) is 0 Å². The molecule has 0 atom stereocenters. The molecule has 0 unspecified atom stereocenters. The molecule has 1 saturated heterocycles. The van der Waals surface area contributed by atoms with Gasteiger partial charge in [0, 0.05) is 31.7 Å². The minimum Gasteiger partial charge on any atom is -0.361 e. The van der Waals surface area contributed by atoms with Crippen molar-refractivity contribution in [2.45, 2.75) is 32.4 Å². The number of aromatic nitrogens is 1. The molecule has 1 aromatic rings. The van der Waals surface area contributed by atoms with Crippen molar-refractivity contribution in [3.8, 4) is 0 Å². The van der Waals surface area contributed by atoms with Gasteiger partial charge in [0.05, 0.1) is 5.69 Å². The van der Waals surface area contributed by atoms with Gasteiger partial charge in [-0.05, 0) is 19.8 Å². The molecular weight excluding hydrogens is 178 g/mol. The minimum atomic E-state index is 0.394. The lowest BCUT2D eigenvalue weighted by Crippen LogP contribution is -2.39. The number of hydrogen-bond donors (Lipinski definition) is 1. The summed E-state index contributed by atoms with van der Waals surface area (Å²) in [5.74, 6) is 0.883. The number of aryl methyl sites for hydroxylation is 1. The summed E-state index contributed by atoms with van der Waals surface area (Å²) in [4.78, 5) is 2.38. The zero-order valence-corrected chi connectivity index (χ0v) is 8.57. The maximum atomic E-state index is 5.83. The molecule has 1 aliphatic heterocycles. The Balaban J connectivity index is 1.86. The molecule has 1 aliphatic rings. The lowest BCUT2D eigenvalue weighted by atomic mass is 10.1. The van der Waals surface area contributed by atoms with Crippen LogP contribution in [0.5, 0.6) is 0 Å². The standard InChI is InChI=1S/C10H17N3O/c1-8-6-10(12-14-8)7-13-4-2-9(11)3-5-13/h6,9H,2-5,7,11H2,1H3. The third-order valence-corrected chi connectivity index (χ3v) is 2.69. The first-order valence-corrected chi connectivity index (χ1v) is 5.14. The van der Waals surface area contributed by atoms with Gasteiger partial charge in [-0.15, -0.1) is 0 Å². The van der Waals surface area contributed by atoms with Crippen LogP contribution in [0.1, 0.15) is 24.3 Å². The topological polar surface area (TPSA) is 55.3 Å². The largest absolute Gasteiger partial charge is 0.361 e. The van der Waals surface area contributed by atoms with Crippen LogP contribution in [0, 0.1) is 6.92 Å². The SMILES string of the molecule is Cc1cc(CN2CCC(N)CC2)no1. The lowest BCUT2D eigenvalue weighted by molar-refractivity contribution is 0.200. The van der Waals surface area contributed by atoms with Gasteiger partial charge in [-0.1, -0.05) is 5.16 Å². The first-order valence-electron chi connectivity index (χ1n) is 5.14. The summed E-state index contributed by atoms with van der Waals surface area (Å²) in [6.45, 7) is 4.97. The average Bonchev–Trinajstić information content (AvgIpc) is 2.56. The average molecular weight is 195 g/mol. The predicted molar refractivity (Wildman–Crippen MR) is 53.7 cm³/mol. The second kappa shape index (κ2) is 4.11. The molecular formula is C10H17N3O. The zero-order valence-electron chi connectivity index (χ0n) is 8.57. The molecule has 0 amide bonds. The molecule has 4 heteroatoms. The van der Waals surface area contributed by atoms with Gasteiger partial charge in [0.15, 0.2) is 0 Å². The van der Waals surface area contributed by atoms with E-state index < -0.39 is 0 Å². The molecule has 14 heavy (non-hydrogen) atoms. The Kier molecular flexibility index (Phi) is 2.84. The normalized spacial score (nSPS) is 20.1. The van der Waals surface area contributed by atoms with Gasteiger partial charge in [-0.2, -0.15) is 0 Å². The zero-order chi connectivity index (χ0) is 9.97. The third-order valence-electron chi connectivity index (χ3n) is 2.69. The van der Waals surface area contributed by atoms with E-state index >= 15 is 0 Å². The van der Waals surface area contributed by atoms with Gasteiger partial charge < -0.3 is 10.3 Å². The van der Waals surface area contributed by atoms with Crippen LogP contribution < -0.4 is 5.73 Å². The molecule has 0 radical (unpaired) electrons. The van der Waals surface area contributed by atoms with Crippen LogP contribution in [0.4, 0.5) is 0 Å². The minimum absolute atomic E-state index is 0.394. The maximum absolute atomic E-state index is 5.83. The summed E-state index contributed by atoms with van der Waals surface area (Å²) in [5, 5.41) is 3.98. The lowest BCUT2D eigenvalue weighted by Gasteiger charge is -2.29. The Bertz CT molecular complexity index is 289. The highest BCUT2D eigenvalue weighted by Gasteiger charge is 2.16. The van der Waals surface area contributed by atoms with Gasteiger partial charge >= 0.3 is 0 Å². The van der Waals surface area contributed by atoms with Gasteiger partial charge in [-0.25, -0.2) is 0 Å². The molecule has 0 spiro atoms. The van der Waals surface area contributed by atoms with Gasteiger partial charge in [-0.3, -0.25) is 4.90 Å². The number of nitrogens with two attached hydrogens (primary N) is 1. The van der Waals surface area contributed by atoms with Crippen LogP contribution in [0.2, 0.25) is 0 Å². The van der Waals surface area contributed by atoms with E-state index in [0.29, 0.717) is 6.04 Å². The van der Waals surface area contributed by atoms with E-state index in [1.165, 1.54) is 0 Å². The molecule has 2 N–H and O–H groups in total. The molecule has 1 aromatic heterocycles.